The summed E-state index contributed by atoms with van der Waals surface area (Å²) in [6.07, 6.45) is 3.34. The van der Waals surface area contributed by atoms with Gasteiger partial charge in [0.1, 0.15) is 0 Å². The Kier molecular flexibility index (Phi) is 2.97. The van der Waals surface area contributed by atoms with Crippen molar-refractivity contribution in [2.24, 2.45) is 0 Å². The Balaban J connectivity index is 2.22. The average Bonchev–Trinajstić information content (AvgIpc) is 2.58. The molecule has 2 aliphatic heterocycles. The Morgan fingerprint density at radius 3 is 2.93 bits per heavy atom. The molecule has 0 N–H and O–H groups in total. The molecule has 15 heavy (non-hydrogen) atoms. The summed E-state index contributed by atoms with van der Waals surface area (Å²) in [6.45, 7) is 4.92. The molecule has 0 aliphatic carbocycles. The third-order valence-corrected chi connectivity index (χ3v) is 7.33. The Bertz CT molecular complexity index is 271. The maximum absolute atomic E-state index is 11.2. The number of hydrogen-bond donors (Lipinski definition) is 0. The Morgan fingerprint density at radius 2 is 2.33 bits per heavy atom. The van der Waals surface area contributed by atoms with Gasteiger partial charge in [-0.25, -0.2) is 0 Å². The van der Waals surface area contributed by atoms with Gasteiger partial charge in [0.15, 0.2) is 0 Å². The maximum atomic E-state index is 11.2. The van der Waals surface area contributed by atoms with Crippen LogP contribution in [0.1, 0.15) is 26.7 Å². The number of aldehydes is 1. The molecular formula is C11H18O3Se. The summed E-state index contributed by atoms with van der Waals surface area (Å²) in [6, 6.07) is 0. The minimum atomic E-state index is -0.244. The van der Waals surface area contributed by atoms with E-state index < -0.39 is 0 Å². The van der Waals surface area contributed by atoms with Crippen LogP contribution in [0.3, 0.4) is 0 Å². The van der Waals surface area contributed by atoms with E-state index in [9.17, 15) is 4.79 Å². The van der Waals surface area contributed by atoms with E-state index in [1.807, 2.05) is 6.92 Å². The molecule has 0 aromatic carbocycles. The molecule has 0 amide bonds. The van der Waals surface area contributed by atoms with Gasteiger partial charge in [0.05, 0.1) is 0 Å². The van der Waals surface area contributed by atoms with Crippen molar-refractivity contribution in [1.82, 2.24) is 0 Å². The third kappa shape index (κ3) is 1.78. The first-order valence-corrected chi connectivity index (χ1v) is 7.19. The number of carbonyl (C=O) groups is 1. The van der Waals surface area contributed by atoms with Crippen molar-refractivity contribution in [3.05, 3.63) is 0 Å². The van der Waals surface area contributed by atoms with Crippen LogP contribution in [-0.2, 0) is 14.3 Å². The summed E-state index contributed by atoms with van der Waals surface area (Å²) >= 11 is 0.277. The van der Waals surface area contributed by atoms with Gasteiger partial charge in [-0.15, -0.1) is 0 Å². The molecule has 0 spiro atoms. The van der Waals surface area contributed by atoms with Gasteiger partial charge in [-0.1, -0.05) is 0 Å². The summed E-state index contributed by atoms with van der Waals surface area (Å²) in [7, 11) is 1.72. The summed E-state index contributed by atoms with van der Waals surface area (Å²) in [5, 5.41) is 0. The van der Waals surface area contributed by atoms with Gasteiger partial charge in [-0.3, -0.25) is 0 Å². The van der Waals surface area contributed by atoms with Crippen LogP contribution < -0.4 is 0 Å². The number of hydrogen-bond acceptors (Lipinski definition) is 3. The molecule has 0 saturated carbocycles. The Hall–Kier alpha value is 0.109. The van der Waals surface area contributed by atoms with Gasteiger partial charge < -0.3 is 0 Å². The normalized spacial score (nSPS) is 49.3. The molecule has 2 bridgehead atoms. The van der Waals surface area contributed by atoms with Crippen molar-refractivity contribution >= 4 is 21.2 Å². The minimum absolute atomic E-state index is 0.0385. The van der Waals surface area contributed by atoms with Crippen LogP contribution in [0.5, 0.6) is 0 Å². The molecule has 86 valence electrons. The number of fused-ring (bicyclic) bond motifs is 2. The van der Waals surface area contributed by atoms with Gasteiger partial charge in [0.2, 0.25) is 0 Å². The number of ether oxygens (including phenoxy) is 2. The van der Waals surface area contributed by atoms with E-state index in [0.717, 1.165) is 19.1 Å². The summed E-state index contributed by atoms with van der Waals surface area (Å²) in [5.74, 6) is 0. The monoisotopic (exact) mass is 278 g/mol. The van der Waals surface area contributed by atoms with Crippen LogP contribution in [0.2, 0.25) is 9.13 Å². The molecule has 0 aromatic heterocycles. The predicted octanol–water partition coefficient (Wildman–Crippen LogP) is 1.45. The number of rotatable bonds is 3. The van der Waals surface area contributed by atoms with Crippen LogP contribution in [0.15, 0.2) is 0 Å². The zero-order valence-electron chi connectivity index (χ0n) is 9.49. The Labute approximate surface area is 97.0 Å². The van der Waals surface area contributed by atoms with Gasteiger partial charge in [-0.2, -0.15) is 0 Å². The molecule has 2 fully saturated rings. The molecular weight excluding hydrogens is 259 g/mol. The second-order valence-corrected chi connectivity index (χ2v) is 8.36. The fraction of sp³-hybridized carbons (Fsp3) is 0.909. The summed E-state index contributed by atoms with van der Waals surface area (Å²) < 4.78 is 11.1. The van der Waals surface area contributed by atoms with Crippen molar-refractivity contribution in [2.75, 3.05) is 13.7 Å². The van der Waals surface area contributed by atoms with Crippen molar-refractivity contribution in [3.8, 4) is 0 Å². The van der Waals surface area contributed by atoms with E-state index in [1.54, 1.807) is 7.11 Å². The molecule has 2 saturated heterocycles. The third-order valence-electron chi connectivity index (χ3n) is 3.58. The molecule has 4 heteroatoms. The number of carbonyl (C=O) groups excluding carboxylic acids is 1. The summed E-state index contributed by atoms with van der Waals surface area (Å²) in [5.41, 5.74) is -0.0385. The second kappa shape index (κ2) is 3.85. The SMILES string of the molecule is COC[C@H]1[Se][C@@](C)(C=O)[C@H]2CC[C@]1(C)O2. The van der Waals surface area contributed by atoms with Crippen molar-refractivity contribution < 1.29 is 14.3 Å². The van der Waals surface area contributed by atoms with Crippen LogP contribution in [0, 0.1) is 0 Å². The van der Waals surface area contributed by atoms with Crippen LogP contribution in [0.25, 0.3) is 0 Å². The van der Waals surface area contributed by atoms with Gasteiger partial charge >= 0.3 is 96.8 Å². The van der Waals surface area contributed by atoms with Gasteiger partial charge in [-0.05, 0) is 0 Å². The fourth-order valence-electron chi connectivity index (χ4n) is 2.47. The van der Waals surface area contributed by atoms with Crippen molar-refractivity contribution in [1.29, 1.82) is 0 Å². The quantitative estimate of drug-likeness (QED) is 0.578. The zero-order chi connectivity index (χ0) is 11.1. The first-order chi connectivity index (χ1) is 7.04. The summed E-state index contributed by atoms with van der Waals surface area (Å²) in [4.78, 5) is 11.6. The predicted molar refractivity (Wildman–Crippen MR) is 58.3 cm³/mol. The molecule has 2 heterocycles. The molecule has 3 nitrogen and oxygen atoms in total. The fourth-order valence-corrected chi connectivity index (χ4v) is 5.86. The molecule has 4 atom stereocenters. The Morgan fingerprint density at radius 1 is 1.60 bits per heavy atom. The first kappa shape index (κ1) is 11.6. The molecule has 0 radical (unpaired) electrons. The van der Waals surface area contributed by atoms with E-state index in [4.69, 9.17) is 9.47 Å². The van der Waals surface area contributed by atoms with Crippen LogP contribution in [0.4, 0.5) is 0 Å². The van der Waals surface area contributed by atoms with E-state index in [1.165, 1.54) is 0 Å². The average molecular weight is 277 g/mol. The van der Waals surface area contributed by atoms with E-state index in [0.29, 0.717) is 11.4 Å². The van der Waals surface area contributed by atoms with Crippen molar-refractivity contribution in [2.45, 2.75) is 47.5 Å². The molecule has 0 unspecified atom stereocenters. The van der Waals surface area contributed by atoms with E-state index in [-0.39, 0.29) is 31.0 Å². The van der Waals surface area contributed by atoms with Crippen molar-refractivity contribution in [3.63, 3.8) is 0 Å². The zero-order valence-corrected chi connectivity index (χ0v) is 11.2. The topological polar surface area (TPSA) is 35.5 Å². The molecule has 2 aliphatic rings. The molecule has 0 aromatic rings. The first-order valence-electron chi connectivity index (χ1n) is 5.35. The van der Waals surface area contributed by atoms with Crippen LogP contribution in [-0.4, -0.2) is 46.7 Å². The van der Waals surface area contributed by atoms with Gasteiger partial charge in [0, 0.05) is 0 Å². The molecule has 2 rings (SSSR count). The standard InChI is InChI=1S/C11H18O3Se/c1-10-5-4-8(14-10)11(2,7-12)15-9(10)6-13-3/h7-9H,4-6H2,1-3H3/t8-,9-,10+,11+/m1/s1. The van der Waals surface area contributed by atoms with Gasteiger partial charge in [0.25, 0.3) is 0 Å². The van der Waals surface area contributed by atoms with Crippen LogP contribution >= 0.6 is 0 Å². The second-order valence-electron chi connectivity index (χ2n) is 4.82. The van der Waals surface area contributed by atoms with E-state index >= 15 is 0 Å². The van der Waals surface area contributed by atoms with E-state index in [2.05, 4.69) is 6.92 Å². The number of methoxy groups -OCH3 is 1.